The highest BCUT2D eigenvalue weighted by Gasteiger charge is 2.06. The molecule has 0 fully saturated rings. The molecular formula is C17H25N5OS. The quantitative estimate of drug-likeness (QED) is 0.168. The van der Waals surface area contributed by atoms with Crippen LogP contribution in [0, 0.1) is 23.8 Å². The molecule has 0 bridgehead atoms. The summed E-state index contributed by atoms with van der Waals surface area (Å²) >= 11 is 1.74. The second-order valence-electron chi connectivity index (χ2n) is 4.91. The molecule has 130 valence electrons. The van der Waals surface area contributed by atoms with Crippen molar-refractivity contribution >= 4 is 17.7 Å². The first kappa shape index (κ1) is 20.0. The summed E-state index contributed by atoms with van der Waals surface area (Å²) in [6, 6.07) is 4.08. The molecular weight excluding hydrogens is 322 g/mol. The normalized spacial score (nSPS) is 11.1. The minimum absolute atomic E-state index is 0.336. The van der Waals surface area contributed by atoms with Gasteiger partial charge in [0.25, 0.3) is 0 Å². The number of furan rings is 1. The van der Waals surface area contributed by atoms with Crippen LogP contribution in [0.5, 0.6) is 0 Å². The lowest BCUT2D eigenvalue weighted by atomic mass is 10.4. The maximum atomic E-state index is 8.63. The molecule has 0 aromatic carbocycles. The number of rotatable bonds is 10. The van der Waals surface area contributed by atoms with E-state index in [0.717, 1.165) is 42.7 Å². The molecule has 0 aliphatic heterocycles. The van der Waals surface area contributed by atoms with Gasteiger partial charge >= 0.3 is 0 Å². The van der Waals surface area contributed by atoms with Crippen LogP contribution in [-0.4, -0.2) is 42.8 Å². The second-order valence-corrected chi connectivity index (χ2v) is 6.01. The number of nitrogens with one attached hydrogen (secondary N) is 2. The Morgan fingerprint density at radius 1 is 1.38 bits per heavy atom. The summed E-state index contributed by atoms with van der Waals surface area (Å²) < 4.78 is 5.85. The Bertz CT molecular complexity index is 581. The van der Waals surface area contributed by atoms with Gasteiger partial charge in [0, 0.05) is 5.75 Å². The highest BCUT2D eigenvalue weighted by atomic mass is 32.2. The van der Waals surface area contributed by atoms with Crippen LogP contribution < -0.4 is 10.6 Å². The lowest BCUT2D eigenvalue weighted by Crippen LogP contribution is -2.34. The topological polar surface area (TPSA) is 76.6 Å². The van der Waals surface area contributed by atoms with Gasteiger partial charge in [-0.2, -0.15) is 17.0 Å². The minimum Gasteiger partial charge on any atom is -0.464 e. The Labute approximate surface area is 148 Å². The zero-order valence-electron chi connectivity index (χ0n) is 14.3. The van der Waals surface area contributed by atoms with Gasteiger partial charge in [-0.15, -0.1) is 6.42 Å². The number of terminal acetylenes is 1. The van der Waals surface area contributed by atoms with Gasteiger partial charge < -0.3 is 9.73 Å². The number of guanidine groups is 1. The molecule has 2 N–H and O–H groups in total. The van der Waals surface area contributed by atoms with E-state index < -0.39 is 0 Å². The Kier molecular flexibility index (Phi) is 10.3. The molecule has 24 heavy (non-hydrogen) atoms. The molecule has 1 rings (SSSR count). The van der Waals surface area contributed by atoms with Crippen LogP contribution in [0.4, 0.5) is 0 Å². The van der Waals surface area contributed by atoms with Gasteiger partial charge in [0.15, 0.2) is 6.19 Å². The van der Waals surface area contributed by atoms with Crippen molar-refractivity contribution in [2.75, 3.05) is 31.9 Å². The first-order valence-electron chi connectivity index (χ1n) is 7.98. The Balaban J connectivity index is 2.31. The first-order chi connectivity index (χ1) is 11.7. The number of thioether (sulfide) groups is 1. The van der Waals surface area contributed by atoms with Crippen molar-refractivity contribution in [1.29, 1.82) is 5.26 Å². The predicted molar refractivity (Wildman–Crippen MR) is 99.4 cm³/mol. The molecule has 0 aliphatic rings. The molecule has 1 aromatic rings. The molecule has 0 unspecified atom stereocenters. The van der Waals surface area contributed by atoms with Gasteiger partial charge in [0.1, 0.15) is 11.5 Å². The number of hydrogen-bond donors (Lipinski definition) is 2. The van der Waals surface area contributed by atoms with Gasteiger partial charge in [0.2, 0.25) is 5.96 Å². The highest BCUT2D eigenvalue weighted by molar-refractivity contribution is 7.98. The molecule has 0 aliphatic carbocycles. The molecule has 0 saturated carbocycles. The average molecular weight is 347 g/mol. The van der Waals surface area contributed by atoms with E-state index in [2.05, 4.69) is 40.3 Å². The van der Waals surface area contributed by atoms with Crippen molar-refractivity contribution in [2.45, 2.75) is 26.1 Å². The van der Waals surface area contributed by atoms with E-state index in [1.54, 1.807) is 11.8 Å². The van der Waals surface area contributed by atoms with Gasteiger partial charge in [-0.1, -0.05) is 19.8 Å². The number of nitriles is 1. The number of aliphatic imine (C=N–C) groups is 1. The standard InChI is InChI=1S/C17H25N5OS/c1-4-9-19-17(21-14-18)20-10-11-24-13-16-8-7-15(23-16)12-22(5-2)6-3/h1,7-8H,5-6,9-13H2,2-3H3,(H2,19,20,21). The van der Waals surface area contributed by atoms with Crippen molar-refractivity contribution in [1.82, 2.24) is 15.5 Å². The van der Waals surface area contributed by atoms with E-state index in [4.69, 9.17) is 16.1 Å². The lowest BCUT2D eigenvalue weighted by molar-refractivity contribution is 0.266. The minimum atomic E-state index is 0.336. The van der Waals surface area contributed by atoms with Crippen LogP contribution in [0.15, 0.2) is 21.5 Å². The van der Waals surface area contributed by atoms with Crippen LogP contribution >= 0.6 is 11.8 Å². The van der Waals surface area contributed by atoms with Crippen LogP contribution in [-0.2, 0) is 12.3 Å². The molecule has 0 amide bonds. The molecule has 0 spiro atoms. The van der Waals surface area contributed by atoms with Crippen molar-refractivity contribution in [3.05, 3.63) is 23.7 Å². The van der Waals surface area contributed by atoms with Crippen molar-refractivity contribution < 1.29 is 4.42 Å². The number of hydrogen-bond acceptors (Lipinski definition) is 5. The summed E-state index contributed by atoms with van der Waals surface area (Å²) in [6.07, 6.45) is 7.00. The molecule has 1 heterocycles. The van der Waals surface area contributed by atoms with Crippen LogP contribution in [0.1, 0.15) is 25.4 Å². The summed E-state index contributed by atoms with van der Waals surface area (Å²) in [7, 11) is 0. The van der Waals surface area contributed by atoms with E-state index in [0.29, 0.717) is 19.0 Å². The first-order valence-corrected chi connectivity index (χ1v) is 9.13. The molecule has 0 saturated heterocycles. The van der Waals surface area contributed by atoms with Gasteiger partial charge in [-0.05, 0) is 25.2 Å². The Morgan fingerprint density at radius 2 is 2.12 bits per heavy atom. The summed E-state index contributed by atoms with van der Waals surface area (Å²) in [5, 5.41) is 14.0. The smallest absolute Gasteiger partial charge is 0.205 e. The van der Waals surface area contributed by atoms with Crippen molar-refractivity contribution in [2.24, 2.45) is 4.99 Å². The number of nitrogens with zero attached hydrogens (tertiary/aromatic N) is 3. The van der Waals surface area contributed by atoms with Gasteiger partial charge in [0.05, 0.1) is 25.4 Å². The third kappa shape index (κ3) is 7.96. The molecule has 0 atom stereocenters. The van der Waals surface area contributed by atoms with Crippen LogP contribution in [0.2, 0.25) is 0 Å². The van der Waals surface area contributed by atoms with E-state index >= 15 is 0 Å². The molecule has 0 radical (unpaired) electrons. The Morgan fingerprint density at radius 3 is 2.79 bits per heavy atom. The fraction of sp³-hybridized carbons (Fsp3) is 0.529. The van der Waals surface area contributed by atoms with Crippen molar-refractivity contribution in [3.63, 3.8) is 0 Å². The van der Waals surface area contributed by atoms with Crippen molar-refractivity contribution in [3.8, 4) is 18.5 Å². The summed E-state index contributed by atoms with van der Waals surface area (Å²) in [5.74, 6) is 6.48. The third-order valence-corrected chi connectivity index (χ3v) is 4.23. The average Bonchev–Trinajstić information content (AvgIpc) is 3.04. The largest absolute Gasteiger partial charge is 0.464 e. The van der Waals surface area contributed by atoms with E-state index in [1.165, 1.54) is 0 Å². The zero-order valence-corrected chi connectivity index (χ0v) is 15.2. The molecule has 6 nitrogen and oxygen atoms in total. The van der Waals surface area contributed by atoms with E-state index in [9.17, 15) is 0 Å². The zero-order chi connectivity index (χ0) is 17.6. The predicted octanol–water partition coefficient (Wildman–Crippen LogP) is 2.00. The maximum Gasteiger partial charge on any atom is 0.205 e. The summed E-state index contributed by atoms with van der Waals surface area (Å²) in [4.78, 5) is 6.58. The monoisotopic (exact) mass is 347 g/mol. The highest BCUT2D eigenvalue weighted by Crippen LogP contribution is 2.16. The maximum absolute atomic E-state index is 8.63. The van der Waals surface area contributed by atoms with Crippen LogP contribution in [0.25, 0.3) is 0 Å². The van der Waals surface area contributed by atoms with Crippen LogP contribution in [0.3, 0.4) is 0 Å². The van der Waals surface area contributed by atoms with Gasteiger partial charge in [-0.3, -0.25) is 15.2 Å². The SMILES string of the molecule is C#CCN/C(=N/CCSCc1ccc(CN(CC)CC)o1)NC#N. The third-order valence-electron chi connectivity index (χ3n) is 3.27. The fourth-order valence-corrected chi connectivity index (χ4v) is 2.70. The summed E-state index contributed by atoms with van der Waals surface area (Å²) in [5.41, 5.74) is 0. The van der Waals surface area contributed by atoms with Gasteiger partial charge in [-0.25, -0.2) is 0 Å². The fourth-order valence-electron chi connectivity index (χ4n) is 1.97. The van der Waals surface area contributed by atoms with E-state index in [-0.39, 0.29) is 0 Å². The second kappa shape index (κ2) is 12.3. The summed E-state index contributed by atoms with van der Waals surface area (Å²) in [6.45, 7) is 8.13. The molecule has 7 heteroatoms. The van der Waals surface area contributed by atoms with E-state index in [1.807, 2.05) is 18.3 Å². The lowest BCUT2D eigenvalue weighted by Gasteiger charge is -2.15. The molecule has 1 aromatic heterocycles. The Hall–Kier alpha value is -2.09.